The molecule has 1 aromatic rings. The van der Waals surface area contributed by atoms with Crippen molar-refractivity contribution in [3.63, 3.8) is 0 Å². The van der Waals surface area contributed by atoms with Gasteiger partial charge in [-0.3, -0.25) is 9.69 Å². The predicted octanol–water partition coefficient (Wildman–Crippen LogP) is 3.02. The second kappa shape index (κ2) is 7.11. The largest absolute Gasteiger partial charge is 0.504 e. The minimum atomic E-state index is -0.148. The fourth-order valence-electron chi connectivity index (χ4n) is 2.09. The highest BCUT2D eigenvalue weighted by atomic mass is 79.9. The van der Waals surface area contributed by atoms with Gasteiger partial charge in [0.2, 0.25) is 0 Å². The maximum Gasteiger partial charge on any atom is 0.276 e. The van der Waals surface area contributed by atoms with Crippen molar-refractivity contribution in [3.05, 3.63) is 27.9 Å². The number of hydrogen-bond donors (Lipinski definition) is 2. The fourth-order valence-corrected chi connectivity index (χ4v) is 2.82. The van der Waals surface area contributed by atoms with Gasteiger partial charge in [-0.15, -0.1) is 0 Å². The number of hydrogen-bond acceptors (Lipinski definition) is 4. The van der Waals surface area contributed by atoms with Gasteiger partial charge in [0.05, 0.1) is 6.61 Å². The molecule has 2 N–H and O–H groups in total. The van der Waals surface area contributed by atoms with Crippen LogP contribution < -0.4 is 10.1 Å². The van der Waals surface area contributed by atoms with Crippen LogP contribution in [0.1, 0.15) is 25.8 Å². The molecule has 0 aromatic heterocycles. The first kappa shape index (κ1) is 16.8. The van der Waals surface area contributed by atoms with Gasteiger partial charge in [0, 0.05) is 11.0 Å². The van der Waals surface area contributed by atoms with E-state index in [2.05, 4.69) is 21.2 Å². The molecule has 1 amide bonds. The van der Waals surface area contributed by atoms with Crippen molar-refractivity contribution in [3.8, 4) is 11.5 Å². The zero-order valence-corrected chi connectivity index (χ0v) is 14.8. The standard InChI is InChI=1S/C15H17BrN2O3S/c1-3-5-18-14(20)11(17-15(18)22)6-9-7-13(21-4-2)12(19)8-10(9)16/h6-8,19H,3-5H2,1-2H3,(H,17,22)/b11-6-. The highest BCUT2D eigenvalue weighted by Gasteiger charge is 2.29. The predicted molar refractivity (Wildman–Crippen MR) is 92.7 cm³/mol. The number of rotatable bonds is 5. The number of benzene rings is 1. The van der Waals surface area contributed by atoms with E-state index in [-0.39, 0.29) is 11.7 Å². The highest BCUT2D eigenvalue weighted by Crippen LogP contribution is 2.34. The number of phenolic OH excluding ortho intramolecular Hbond substituents is 1. The number of phenols is 1. The molecule has 1 heterocycles. The summed E-state index contributed by atoms with van der Waals surface area (Å²) in [6.45, 7) is 4.85. The molecule has 1 aromatic carbocycles. The molecule has 1 saturated heterocycles. The van der Waals surface area contributed by atoms with Crippen LogP contribution in [-0.4, -0.2) is 34.2 Å². The number of nitrogens with zero attached hydrogens (tertiary/aromatic N) is 1. The summed E-state index contributed by atoms with van der Waals surface area (Å²) in [6, 6.07) is 3.22. The van der Waals surface area contributed by atoms with E-state index in [1.54, 1.807) is 23.1 Å². The van der Waals surface area contributed by atoms with Crippen molar-refractivity contribution >= 4 is 45.2 Å². The molecule has 22 heavy (non-hydrogen) atoms. The lowest BCUT2D eigenvalue weighted by atomic mass is 10.1. The number of ether oxygens (including phenoxy) is 1. The Hall–Kier alpha value is -1.60. The third kappa shape index (κ3) is 3.41. The van der Waals surface area contributed by atoms with Gasteiger partial charge in [-0.25, -0.2) is 0 Å². The van der Waals surface area contributed by atoms with E-state index in [1.165, 1.54) is 0 Å². The van der Waals surface area contributed by atoms with Crippen LogP contribution in [0.3, 0.4) is 0 Å². The third-order valence-corrected chi connectivity index (χ3v) is 4.10. The lowest BCUT2D eigenvalue weighted by Crippen LogP contribution is -2.31. The number of nitrogens with one attached hydrogen (secondary N) is 1. The van der Waals surface area contributed by atoms with Crippen LogP contribution in [0.15, 0.2) is 22.3 Å². The zero-order chi connectivity index (χ0) is 16.3. The second-order valence-electron chi connectivity index (χ2n) is 4.72. The lowest BCUT2D eigenvalue weighted by molar-refractivity contribution is -0.122. The summed E-state index contributed by atoms with van der Waals surface area (Å²) in [5, 5.41) is 13.2. The summed E-state index contributed by atoms with van der Waals surface area (Å²) >= 11 is 8.55. The molecule has 118 valence electrons. The Morgan fingerprint density at radius 2 is 2.18 bits per heavy atom. The van der Waals surface area contributed by atoms with Gasteiger partial charge in [-0.1, -0.05) is 22.9 Å². The number of carbonyl (C=O) groups excluding carboxylic acids is 1. The van der Waals surface area contributed by atoms with Gasteiger partial charge >= 0.3 is 0 Å². The molecule has 0 aliphatic carbocycles. The van der Waals surface area contributed by atoms with Crippen molar-refractivity contribution in [2.45, 2.75) is 20.3 Å². The Bertz CT molecular complexity index is 646. The molecule has 2 rings (SSSR count). The van der Waals surface area contributed by atoms with Gasteiger partial charge in [0.15, 0.2) is 16.6 Å². The normalized spacial score (nSPS) is 16.3. The second-order valence-corrected chi connectivity index (χ2v) is 5.96. The van der Waals surface area contributed by atoms with Crippen molar-refractivity contribution in [1.29, 1.82) is 0 Å². The Morgan fingerprint density at radius 1 is 1.45 bits per heavy atom. The summed E-state index contributed by atoms with van der Waals surface area (Å²) in [6.07, 6.45) is 2.52. The molecule has 1 aliphatic rings. The molecule has 1 fully saturated rings. The summed E-state index contributed by atoms with van der Waals surface area (Å²) in [5.41, 5.74) is 1.13. The van der Waals surface area contributed by atoms with Crippen LogP contribution in [-0.2, 0) is 4.79 Å². The van der Waals surface area contributed by atoms with Crippen LogP contribution in [0.2, 0.25) is 0 Å². The van der Waals surface area contributed by atoms with Gasteiger partial charge in [-0.05, 0) is 49.3 Å². The van der Waals surface area contributed by atoms with Crippen molar-refractivity contribution in [1.82, 2.24) is 10.2 Å². The third-order valence-electron chi connectivity index (χ3n) is 3.09. The van der Waals surface area contributed by atoms with E-state index in [4.69, 9.17) is 17.0 Å². The molecule has 0 unspecified atom stereocenters. The Balaban J connectivity index is 2.35. The molecular weight excluding hydrogens is 368 g/mol. The highest BCUT2D eigenvalue weighted by molar-refractivity contribution is 9.10. The van der Waals surface area contributed by atoms with Crippen LogP contribution in [0.5, 0.6) is 11.5 Å². The average Bonchev–Trinajstić information content (AvgIpc) is 2.72. The summed E-state index contributed by atoms with van der Waals surface area (Å²) < 4.78 is 6.03. The van der Waals surface area contributed by atoms with Crippen LogP contribution >= 0.6 is 28.1 Å². The molecule has 1 aliphatic heterocycles. The Labute approximate surface area is 143 Å². The summed E-state index contributed by atoms with van der Waals surface area (Å²) in [4.78, 5) is 13.9. The van der Waals surface area contributed by atoms with Crippen molar-refractivity contribution in [2.75, 3.05) is 13.2 Å². The first-order chi connectivity index (χ1) is 10.5. The number of aromatic hydroxyl groups is 1. The fraction of sp³-hybridized carbons (Fsp3) is 0.333. The Kier molecular flexibility index (Phi) is 5.42. The average molecular weight is 385 g/mol. The van der Waals surface area contributed by atoms with Gasteiger partial charge in [0.1, 0.15) is 5.70 Å². The van der Waals surface area contributed by atoms with Crippen molar-refractivity contribution in [2.24, 2.45) is 0 Å². The zero-order valence-electron chi connectivity index (χ0n) is 12.4. The molecule has 0 atom stereocenters. The van der Waals surface area contributed by atoms with Crippen LogP contribution in [0.25, 0.3) is 6.08 Å². The van der Waals surface area contributed by atoms with E-state index in [0.29, 0.717) is 34.2 Å². The van der Waals surface area contributed by atoms with Gasteiger partial charge in [-0.2, -0.15) is 0 Å². The summed E-state index contributed by atoms with van der Waals surface area (Å²) in [7, 11) is 0. The van der Waals surface area contributed by atoms with Crippen LogP contribution in [0.4, 0.5) is 0 Å². The van der Waals surface area contributed by atoms with E-state index in [1.807, 2.05) is 13.8 Å². The number of halogens is 1. The molecule has 0 radical (unpaired) electrons. The van der Waals surface area contributed by atoms with E-state index in [9.17, 15) is 9.90 Å². The number of carbonyl (C=O) groups is 1. The minimum Gasteiger partial charge on any atom is -0.504 e. The minimum absolute atomic E-state index is 0.0460. The smallest absolute Gasteiger partial charge is 0.276 e. The van der Waals surface area contributed by atoms with E-state index >= 15 is 0 Å². The Morgan fingerprint density at radius 3 is 2.82 bits per heavy atom. The van der Waals surface area contributed by atoms with E-state index < -0.39 is 0 Å². The molecule has 0 spiro atoms. The lowest BCUT2D eigenvalue weighted by Gasteiger charge is -2.11. The molecular formula is C15H17BrN2O3S. The van der Waals surface area contributed by atoms with Gasteiger partial charge in [0.25, 0.3) is 5.91 Å². The number of amides is 1. The SMILES string of the molecule is CCCN1C(=O)/C(=C/c2cc(OCC)c(O)cc2Br)NC1=S. The maximum absolute atomic E-state index is 12.3. The monoisotopic (exact) mass is 384 g/mol. The first-order valence-electron chi connectivity index (χ1n) is 6.97. The van der Waals surface area contributed by atoms with Crippen LogP contribution in [0, 0.1) is 0 Å². The van der Waals surface area contributed by atoms with Crippen molar-refractivity contribution < 1.29 is 14.6 Å². The molecule has 5 nitrogen and oxygen atoms in total. The molecule has 0 bridgehead atoms. The van der Waals surface area contributed by atoms with Gasteiger partial charge < -0.3 is 15.2 Å². The topological polar surface area (TPSA) is 61.8 Å². The van der Waals surface area contributed by atoms with E-state index in [0.717, 1.165) is 12.0 Å². The molecule has 0 saturated carbocycles. The summed E-state index contributed by atoms with van der Waals surface area (Å²) in [5.74, 6) is 0.269. The maximum atomic E-state index is 12.3. The number of thiocarbonyl (C=S) groups is 1. The quantitative estimate of drug-likeness (QED) is 0.603. The molecule has 7 heteroatoms. The first-order valence-corrected chi connectivity index (χ1v) is 8.17.